The first-order valence-corrected chi connectivity index (χ1v) is 18.5. The van der Waals surface area contributed by atoms with Crippen LogP contribution in [-0.2, 0) is 14.2 Å². The van der Waals surface area contributed by atoms with Crippen LogP contribution in [-0.4, -0.2) is 38.1 Å². The van der Waals surface area contributed by atoms with Gasteiger partial charge in [0.05, 0.1) is 5.92 Å². The zero-order chi connectivity index (χ0) is 31.2. The largest absolute Gasteiger partial charge is 0.481 e. The van der Waals surface area contributed by atoms with Gasteiger partial charge in [-0.3, -0.25) is 14.2 Å². The molecule has 0 fully saturated rings. The fourth-order valence-electron chi connectivity index (χ4n) is 4.97. The van der Waals surface area contributed by atoms with Gasteiger partial charge in [0.25, 0.3) is 0 Å². The molecule has 0 aromatic rings. The normalized spacial score (nSPS) is 12.5. The van der Waals surface area contributed by atoms with Crippen molar-refractivity contribution in [1.82, 2.24) is 12.3 Å². The monoisotopic (exact) mass is 646 g/mol. The molecule has 10 heteroatoms. The van der Waals surface area contributed by atoms with Crippen molar-refractivity contribution in [2.75, 3.05) is 6.16 Å². The Morgan fingerprint density at radius 2 is 0.886 bits per heavy atom. The minimum atomic E-state index is -3.84. The van der Waals surface area contributed by atoms with Gasteiger partial charge in [0, 0.05) is 12.6 Å². The van der Waals surface area contributed by atoms with Crippen LogP contribution in [0, 0.1) is 5.92 Å². The molecule has 0 aliphatic carbocycles. The van der Waals surface area contributed by atoms with E-state index in [0.717, 1.165) is 128 Å². The minimum absolute atomic E-state index is 0. The van der Waals surface area contributed by atoms with Gasteiger partial charge in [0.1, 0.15) is 0 Å². The second-order valence-corrected chi connectivity index (χ2v) is 13.4. The molecule has 260 valence electrons. The van der Waals surface area contributed by atoms with Gasteiger partial charge in [-0.05, 0) is 83.5 Å². The van der Waals surface area contributed by atoms with Gasteiger partial charge in [0.15, 0.2) is 0 Å². The Kier molecular flexibility index (Phi) is 36.2. The van der Waals surface area contributed by atoms with Crippen LogP contribution >= 0.6 is 7.60 Å². The quantitative estimate of drug-likeness (QED) is 0.0240. The van der Waals surface area contributed by atoms with Crippen LogP contribution in [0.1, 0.15) is 154 Å². The highest BCUT2D eigenvalue weighted by Crippen LogP contribution is 2.35. The van der Waals surface area contributed by atoms with Crippen molar-refractivity contribution in [3.8, 4) is 0 Å². The predicted molar refractivity (Wildman–Crippen MR) is 184 cm³/mol. The van der Waals surface area contributed by atoms with Gasteiger partial charge < -0.3 is 32.3 Å². The molecule has 0 saturated carbocycles. The maximum absolute atomic E-state index is 11.6. The van der Waals surface area contributed by atoms with E-state index in [1.807, 2.05) is 0 Å². The van der Waals surface area contributed by atoms with Crippen molar-refractivity contribution in [2.45, 2.75) is 154 Å². The number of unbranched alkanes of at least 4 members (excludes halogenated alkanes) is 16. The maximum Gasteiger partial charge on any atom is 0.325 e. The third-order valence-corrected chi connectivity index (χ3v) is 8.45. The molecule has 0 bridgehead atoms. The molecule has 0 heterocycles. The molecule has 0 aliphatic rings. The molecular formula is C34H67N2O7P. The summed E-state index contributed by atoms with van der Waals surface area (Å²) in [6, 6.07) is 0. The highest BCUT2D eigenvalue weighted by Gasteiger charge is 2.16. The van der Waals surface area contributed by atoms with E-state index < -0.39 is 19.5 Å². The van der Waals surface area contributed by atoms with Gasteiger partial charge in [-0.25, -0.2) is 0 Å². The molecule has 10 N–H and O–H groups in total. The van der Waals surface area contributed by atoms with Crippen LogP contribution in [0.5, 0.6) is 0 Å². The summed E-state index contributed by atoms with van der Waals surface area (Å²) in [5.74, 6) is -1.54. The topological polar surface area (TPSA) is 202 Å². The van der Waals surface area contributed by atoms with E-state index in [1.165, 1.54) is 12.8 Å². The summed E-state index contributed by atoms with van der Waals surface area (Å²) in [5.41, 5.74) is 0. The number of carboxylic acid groups (broad SMARTS) is 2. The molecule has 1 unspecified atom stereocenters. The van der Waals surface area contributed by atoms with E-state index in [9.17, 15) is 19.3 Å². The van der Waals surface area contributed by atoms with E-state index >= 15 is 0 Å². The molecule has 44 heavy (non-hydrogen) atoms. The van der Waals surface area contributed by atoms with Crippen LogP contribution < -0.4 is 12.3 Å². The Morgan fingerprint density at radius 3 is 1.30 bits per heavy atom. The lowest BCUT2D eigenvalue weighted by molar-refractivity contribution is -0.142. The van der Waals surface area contributed by atoms with Crippen molar-refractivity contribution in [2.24, 2.45) is 5.92 Å². The first-order valence-electron chi connectivity index (χ1n) is 16.7. The zero-order valence-corrected chi connectivity index (χ0v) is 28.5. The molecule has 0 aromatic heterocycles. The fourth-order valence-corrected chi connectivity index (χ4v) is 5.61. The van der Waals surface area contributed by atoms with E-state index in [-0.39, 0.29) is 30.8 Å². The Balaban J connectivity index is -0.00000840. The van der Waals surface area contributed by atoms with Crippen LogP contribution in [0.25, 0.3) is 0 Å². The van der Waals surface area contributed by atoms with Crippen molar-refractivity contribution in [1.29, 1.82) is 0 Å². The molecular weight excluding hydrogens is 579 g/mol. The van der Waals surface area contributed by atoms with E-state index in [4.69, 9.17) is 14.9 Å². The van der Waals surface area contributed by atoms with Crippen LogP contribution in [0.15, 0.2) is 36.5 Å². The smallest absolute Gasteiger partial charge is 0.325 e. The zero-order valence-electron chi connectivity index (χ0n) is 27.6. The molecule has 0 amide bonds. The van der Waals surface area contributed by atoms with Crippen LogP contribution in [0.2, 0.25) is 0 Å². The molecule has 0 aliphatic heterocycles. The Labute approximate surface area is 268 Å². The van der Waals surface area contributed by atoms with E-state index in [2.05, 4.69) is 36.5 Å². The summed E-state index contributed by atoms with van der Waals surface area (Å²) in [7, 11) is -3.84. The molecule has 1 atom stereocenters. The first-order chi connectivity index (χ1) is 20.2. The SMILES string of the molecule is N.N.O=C(O)CCCCCCC/C=C\CCCCCCC(CCCCCC/C=C\C/C=C\CCCCCP(=O)(O)O)C(=O)O. The van der Waals surface area contributed by atoms with E-state index in [0.29, 0.717) is 6.42 Å². The minimum Gasteiger partial charge on any atom is -0.481 e. The summed E-state index contributed by atoms with van der Waals surface area (Å²) in [4.78, 5) is 39.7. The number of rotatable bonds is 31. The van der Waals surface area contributed by atoms with Crippen molar-refractivity contribution in [3.05, 3.63) is 36.5 Å². The number of aliphatic carboxylic acids is 2. The van der Waals surface area contributed by atoms with Crippen molar-refractivity contribution >= 4 is 19.5 Å². The van der Waals surface area contributed by atoms with Crippen LogP contribution in [0.3, 0.4) is 0 Å². The Bertz CT molecular complexity index is 796. The summed E-state index contributed by atoms with van der Waals surface area (Å²) < 4.78 is 10.8. The Hall–Kier alpha value is -1.77. The average molecular weight is 647 g/mol. The third-order valence-electron chi connectivity index (χ3n) is 7.55. The second-order valence-electron chi connectivity index (χ2n) is 11.6. The lowest BCUT2D eigenvalue weighted by atomic mass is 9.94. The molecule has 0 saturated heterocycles. The Morgan fingerprint density at radius 1 is 0.523 bits per heavy atom. The standard InChI is InChI=1S/C34H61O7P.2H3N/c35-33(36)30-26-22-18-14-10-6-3-5-9-13-17-21-25-29-32(34(37)38)28-24-20-16-12-8-4-1-2-7-11-15-19-23-27-31-42(39,40)41;;/h1,3-5,7,11,32H,2,6,8-10,12-31H2,(H,35,36)(H,37,38)(H2,39,40,41);2*1H3/b4-1-,5-3-,11-7-;;. The first kappa shape index (κ1) is 46.6. The number of hydrogen-bond acceptors (Lipinski definition) is 5. The molecule has 9 nitrogen and oxygen atoms in total. The van der Waals surface area contributed by atoms with Gasteiger partial charge >= 0.3 is 19.5 Å². The predicted octanol–water partition coefficient (Wildman–Crippen LogP) is 10.3. The fraction of sp³-hybridized carbons (Fsp3) is 0.765. The van der Waals surface area contributed by atoms with E-state index in [1.54, 1.807) is 0 Å². The summed E-state index contributed by atoms with van der Waals surface area (Å²) >= 11 is 0. The summed E-state index contributed by atoms with van der Waals surface area (Å²) in [5, 5.41) is 18.2. The van der Waals surface area contributed by atoms with Crippen molar-refractivity contribution in [3.63, 3.8) is 0 Å². The summed E-state index contributed by atoms with van der Waals surface area (Å²) in [6.07, 6.45) is 36.6. The maximum atomic E-state index is 11.6. The summed E-state index contributed by atoms with van der Waals surface area (Å²) in [6.45, 7) is 0. The molecule has 0 aromatic carbocycles. The van der Waals surface area contributed by atoms with Gasteiger partial charge in [-0.15, -0.1) is 0 Å². The second kappa shape index (κ2) is 34.1. The highest BCUT2D eigenvalue weighted by atomic mass is 31.2. The third kappa shape index (κ3) is 38.3. The number of allylic oxidation sites excluding steroid dienone is 6. The highest BCUT2D eigenvalue weighted by molar-refractivity contribution is 7.51. The molecule has 0 radical (unpaired) electrons. The van der Waals surface area contributed by atoms with Gasteiger partial charge in [0.2, 0.25) is 0 Å². The van der Waals surface area contributed by atoms with Gasteiger partial charge in [-0.1, -0.05) is 101 Å². The lowest BCUT2D eigenvalue weighted by Gasteiger charge is -2.12. The average Bonchev–Trinajstić information content (AvgIpc) is 2.92. The number of hydrogen-bond donors (Lipinski definition) is 6. The number of carboxylic acids is 2. The van der Waals surface area contributed by atoms with Crippen LogP contribution in [0.4, 0.5) is 0 Å². The molecule has 0 spiro atoms. The number of carbonyl (C=O) groups is 2. The molecule has 0 rings (SSSR count). The lowest BCUT2D eigenvalue weighted by Crippen LogP contribution is -2.13. The van der Waals surface area contributed by atoms with Crippen molar-refractivity contribution < 1.29 is 34.2 Å². The van der Waals surface area contributed by atoms with Gasteiger partial charge in [-0.2, -0.15) is 0 Å².